The molecule has 1 aromatic carbocycles. The number of phenols is 1. The van der Waals surface area contributed by atoms with Crippen molar-refractivity contribution in [3.63, 3.8) is 0 Å². The molecule has 1 fully saturated rings. The highest BCUT2D eigenvalue weighted by atomic mass is 16.5. The number of nitrogens with one attached hydrogen (secondary N) is 1. The van der Waals surface area contributed by atoms with E-state index in [1.807, 2.05) is 6.07 Å². The number of amides is 2. The third-order valence-electron chi connectivity index (χ3n) is 4.45. The largest absolute Gasteiger partial charge is 0.507 e. The van der Waals surface area contributed by atoms with Gasteiger partial charge in [-0.1, -0.05) is 18.2 Å². The van der Waals surface area contributed by atoms with Gasteiger partial charge in [-0.15, -0.1) is 0 Å². The lowest BCUT2D eigenvalue weighted by atomic mass is 10.1. The standard InChI is InChI=1S/C19H21N3O4/c1-26-18-13(6-4-10-20-18)12-21-17(24)15-8-5-11-22(15)19(25)14-7-2-3-9-16(14)23/h2-4,6-7,9-10,15,23H,5,8,11-12H2,1H3,(H,21,24). The van der Waals surface area contributed by atoms with Gasteiger partial charge in [0.25, 0.3) is 5.91 Å². The number of likely N-dealkylation sites (tertiary alicyclic amines) is 1. The van der Waals surface area contributed by atoms with Crippen LogP contribution in [-0.2, 0) is 11.3 Å². The number of rotatable bonds is 5. The molecule has 0 bridgehead atoms. The van der Waals surface area contributed by atoms with E-state index < -0.39 is 6.04 Å². The Hall–Kier alpha value is -3.09. The lowest BCUT2D eigenvalue weighted by molar-refractivity contribution is -0.125. The van der Waals surface area contributed by atoms with E-state index in [9.17, 15) is 14.7 Å². The fourth-order valence-electron chi connectivity index (χ4n) is 3.13. The molecule has 1 atom stereocenters. The fraction of sp³-hybridized carbons (Fsp3) is 0.316. The normalized spacial score (nSPS) is 16.3. The summed E-state index contributed by atoms with van der Waals surface area (Å²) in [5.74, 6) is -0.179. The maximum absolute atomic E-state index is 12.7. The smallest absolute Gasteiger partial charge is 0.258 e. The fourth-order valence-corrected chi connectivity index (χ4v) is 3.13. The molecular formula is C19H21N3O4. The maximum Gasteiger partial charge on any atom is 0.258 e. The van der Waals surface area contributed by atoms with Gasteiger partial charge in [0.05, 0.1) is 12.7 Å². The van der Waals surface area contributed by atoms with Gasteiger partial charge in [-0.25, -0.2) is 4.98 Å². The number of aromatic nitrogens is 1. The van der Waals surface area contributed by atoms with Crippen molar-refractivity contribution in [2.75, 3.05) is 13.7 Å². The van der Waals surface area contributed by atoms with E-state index >= 15 is 0 Å². The van der Waals surface area contributed by atoms with E-state index in [1.165, 1.54) is 18.1 Å². The molecule has 0 radical (unpaired) electrons. The number of nitrogens with zero attached hydrogens (tertiary/aromatic N) is 2. The molecule has 2 heterocycles. The highest BCUT2D eigenvalue weighted by molar-refractivity contribution is 5.99. The molecule has 2 amide bonds. The van der Waals surface area contributed by atoms with Crippen LogP contribution in [0.1, 0.15) is 28.8 Å². The first-order valence-corrected chi connectivity index (χ1v) is 8.46. The van der Waals surface area contributed by atoms with Gasteiger partial charge in [0.1, 0.15) is 11.8 Å². The third kappa shape index (κ3) is 3.61. The summed E-state index contributed by atoms with van der Waals surface area (Å²) in [6.45, 7) is 0.756. The van der Waals surface area contributed by atoms with E-state index in [1.54, 1.807) is 30.5 Å². The highest BCUT2D eigenvalue weighted by Crippen LogP contribution is 2.24. The SMILES string of the molecule is COc1ncccc1CNC(=O)C1CCCN1C(=O)c1ccccc1O. The van der Waals surface area contributed by atoms with Crippen LogP contribution in [0.4, 0.5) is 0 Å². The van der Waals surface area contributed by atoms with E-state index in [4.69, 9.17) is 4.74 Å². The monoisotopic (exact) mass is 355 g/mol. The average Bonchev–Trinajstić information content (AvgIpc) is 3.16. The Balaban J connectivity index is 1.69. The Morgan fingerprint density at radius 2 is 2.12 bits per heavy atom. The Labute approximate surface area is 151 Å². The molecular weight excluding hydrogens is 334 g/mol. The summed E-state index contributed by atoms with van der Waals surface area (Å²) in [4.78, 5) is 31.0. The minimum absolute atomic E-state index is 0.0799. The summed E-state index contributed by atoms with van der Waals surface area (Å²) < 4.78 is 5.18. The topological polar surface area (TPSA) is 91.8 Å². The number of carbonyl (C=O) groups excluding carboxylic acids is 2. The van der Waals surface area contributed by atoms with Gasteiger partial charge in [-0.2, -0.15) is 0 Å². The van der Waals surface area contributed by atoms with Crippen molar-refractivity contribution in [1.29, 1.82) is 0 Å². The van der Waals surface area contributed by atoms with Gasteiger partial charge in [0.2, 0.25) is 11.8 Å². The van der Waals surface area contributed by atoms with E-state index in [0.717, 1.165) is 12.0 Å². The molecule has 136 valence electrons. The first-order chi connectivity index (χ1) is 12.6. The van der Waals surface area contributed by atoms with E-state index in [0.29, 0.717) is 18.8 Å². The van der Waals surface area contributed by atoms with Crippen LogP contribution < -0.4 is 10.1 Å². The number of carbonyl (C=O) groups is 2. The van der Waals surface area contributed by atoms with E-state index in [2.05, 4.69) is 10.3 Å². The molecule has 2 aromatic rings. The van der Waals surface area contributed by atoms with Crippen LogP contribution in [0.3, 0.4) is 0 Å². The van der Waals surface area contributed by atoms with Crippen LogP contribution in [0.15, 0.2) is 42.6 Å². The van der Waals surface area contributed by atoms with Gasteiger partial charge < -0.3 is 20.1 Å². The zero-order chi connectivity index (χ0) is 18.5. The number of aromatic hydroxyl groups is 1. The van der Waals surface area contributed by atoms with Crippen molar-refractivity contribution in [3.8, 4) is 11.6 Å². The zero-order valence-corrected chi connectivity index (χ0v) is 14.5. The second-order valence-corrected chi connectivity index (χ2v) is 6.06. The maximum atomic E-state index is 12.7. The molecule has 26 heavy (non-hydrogen) atoms. The van der Waals surface area contributed by atoms with Crippen molar-refractivity contribution in [3.05, 3.63) is 53.7 Å². The molecule has 2 N–H and O–H groups in total. The quantitative estimate of drug-likeness (QED) is 0.852. The van der Waals surface area contributed by atoms with Crippen LogP contribution in [-0.4, -0.2) is 46.5 Å². The van der Waals surface area contributed by atoms with Gasteiger partial charge in [-0.05, 0) is 31.0 Å². The van der Waals surface area contributed by atoms with Crippen LogP contribution in [0.5, 0.6) is 11.6 Å². The van der Waals surface area contributed by atoms with Crippen molar-refractivity contribution < 1.29 is 19.4 Å². The van der Waals surface area contributed by atoms with Crippen molar-refractivity contribution in [1.82, 2.24) is 15.2 Å². The summed E-state index contributed by atoms with van der Waals surface area (Å²) in [6, 6.07) is 9.41. The number of methoxy groups -OCH3 is 1. The van der Waals surface area contributed by atoms with E-state index in [-0.39, 0.29) is 29.7 Å². The summed E-state index contributed by atoms with van der Waals surface area (Å²) >= 11 is 0. The van der Waals surface area contributed by atoms with Crippen molar-refractivity contribution >= 4 is 11.8 Å². The average molecular weight is 355 g/mol. The first-order valence-electron chi connectivity index (χ1n) is 8.46. The molecule has 1 aliphatic heterocycles. The van der Waals surface area contributed by atoms with Crippen LogP contribution in [0.2, 0.25) is 0 Å². The number of phenolic OH excluding ortho intramolecular Hbond substituents is 1. The predicted molar refractivity (Wildman–Crippen MR) is 94.8 cm³/mol. The third-order valence-corrected chi connectivity index (χ3v) is 4.45. The van der Waals surface area contributed by atoms with Crippen LogP contribution >= 0.6 is 0 Å². The minimum atomic E-state index is -0.551. The molecule has 0 saturated carbocycles. The number of ether oxygens (including phenoxy) is 1. The molecule has 1 aliphatic rings. The van der Waals surface area contributed by atoms with Gasteiger partial charge >= 0.3 is 0 Å². The van der Waals surface area contributed by atoms with Crippen molar-refractivity contribution in [2.24, 2.45) is 0 Å². The molecule has 7 heteroatoms. The first kappa shape index (κ1) is 17.7. The molecule has 1 aromatic heterocycles. The second-order valence-electron chi connectivity index (χ2n) is 6.06. The zero-order valence-electron chi connectivity index (χ0n) is 14.5. The van der Waals surface area contributed by atoms with Crippen LogP contribution in [0, 0.1) is 0 Å². The number of pyridine rings is 1. The lowest BCUT2D eigenvalue weighted by Crippen LogP contribution is -2.45. The second kappa shape index (κ2) is 7.86. The molecule has 0 aliphatic carbocycles. The number of para-hydroxylation sites is 1. The van der Waals surface area contributed by atoms with Crippen molar-refractivity contribution in [2.45, 2.75) is 25.4 Å². The summed E-state index contributed by atoms with van der Waals surface area (Å²) in [5.41, 5.74) is 0.973. The van der Waals surface area contributed by atoms with Gasteiger partial charge in [-0.3, -0.25) is 9.59 Å². The molecule has 7 nitrogen and oxygen atoms in total. The number of benzene rings is 1. The van der Waals surface area contributed by atoms with Gasteiger partial charge in [0.15, 0.2) is 0 Å². The summed E-state index contributed by atoms with van der Waals surface area (Å²) in [6.07, 6.45) is 2.96. The molecule has 0 spiro atoms. The lowest BCUT2D eigenvalue weighted by Gasteiger charge is -2.24. The summed E-state index contributed by atoms with van der Waals surface area (Å²) in [7, 11) is 1.53. The summed E-state index contributed by atoms with van der Waals surface area (Å²) in [5, 5.41) is 12.8. The Kier molecular flexibility index (Phi) is 5.36. The highest BCUT2D eigenvalue weighted by Gasteiger charge is 2.35. The Morgan fingerprint density at radius 1 is 1.31 bits per heavy atom. The van der Waals surface area contributed by atoms with Crippen LogP contribution in [0.25, 0.3) is 0 Å². The minimum Gasteiger partial charge on any atom is -0.507 e. The molecule has 1 saturated heterocycles. The Bertz CT molecular complexity index is 809. The molecule has 3 rings (SSSR count). The van der Waals surface area contributed by atoms with Gasteiger partial charge in [0, 0.05) is 24.8 Å². The Morgan fingerprint density at radius 3 is 2.88 bits per heavy atom. The number of hydrogen-bond donors (Lipinski definition) is 2. The number of hydrogen-bond acceptors (Lipinski definition) is 5. The molecule has 1 unspecified atom stereocenters. The predicted octanol–water partition coefficient (Wildman–Crippen LogP) is 1.72.